The van der Waals surface area contributed by atoms with Crippen molar-refractivity contribution < 1.29 is 4.42 Å². The molecule has 2 aliphatic rings. The van der Waals surface area contributed by atoms with E-state index in [0.717, 1.165) is 21.9 Å². The molecule has 0 radical (unpaired) electrons. The summed E-state index contributed by atoms with van der Waals surface area (Å²) >= 11 is 3.79. The van der Waals surface area contributed by atoms with Crippen LogP contribution < -0.4 is 15.7 Å². The van der Waals surface area contributed by atoms with Crippen molar-refractivity contribution in [1.29, 1.82) is 0 Å². The van der Waals surface area contributed by atoms with Crippen LogP contribution in [-0.2, 0) is 5.41 Å². The number of nitrogens with zero attached hydrogens (tertiary/aromatic N) is 2. The average Bonchev–Trinajstić information content (AvgIpc) is 3.99. The Kier molecular flexibility index (Phi) is 5.90. The molecule has 0 bridgehead atoms. The fourth-order valence-corrected chi connectivity index (χ4v) is 12.7. The van der Waals surface area contributed by atoms with E-state index in [2.05, 4.69) is 176 Å². The van der Waals surface area contributed by atoms with Crippen LogP contribution in [0.4, 0.5) is 11.4 Å². The lowest BCUT2D eigenvalue weighted by Gasteiger charge is -2.42. The van der Waals surface area contributed by atoms with Crippen molar-refractivity contribution in [1.82, 2.24) is 4.57 Å². The second kappa shape index (κ2) is 10.8. The minimum Gasteiger partial charge on any atom is -0.456 e. The maximum absolute atomic E-state index is 6.58. The number of para-hydroxylation sites is 1. The van der Waals surface area contributed by atoms with E-state index in [-0.39, 0.29) is 12.3 Å². The highest BCUT2D eigenvalue weighted by atomic mass is 32.1. The van der Waals surface area contributed by atoms with Crippen LogP contribution in [0.3, 0.4) is 0 Å². The Morgan fingerprint density at radius 1 is 0.500 bits per heavy atom. The molecule has 0 saturated carbocycles. The summed E-state index contributed by atoms with van der Waals surface area (Å²) < 4.78 is 14.4. The quantitative estimate of drug-likeness (QED) is 0.155. The SMILES string of the molecule is CC(C)(C)c1ccc(N2B3c4cc5c(cc4-n4c6cc7oc8ccccc8c7cc6c6ccc(c3c64)-c3cc4sc6ccccc6c4cc32)sc2ccccc25)cc1. The number of fused-ring (bicyclic) bond motifs is 17. The number of anilines is 2. The van der Waals surface area contributed by atoms with Crippen LogP contribution in [0, 0.1) is 0 Å². The molecule has 0 amide bonds. The van der Waals surface area contributed by atoms with Gasteiger partial charge in [-0.2, -0.15) is 0 Å². The van der Waals surface area contributed by atoms with Crippen LogP contribution in [0.1, 0.15) is 26.3 Å². The van der Waals surface area contributed by atoms with E-state index in [0.29, 0.717) is 0 Å². The second-order valence-corrected chi connectivity index (χ2v) is 19.4. The van der Waals surface area contributed by atoms with Gasteiger partial charge in [-0.15, -0.1) is 22.7 Å². The zero-order chi connectivity index (χ0) is 38.2. The molecule has 0 fully saturated rings. The molecule has 6 heteroatoms. The van der Waals surface area contributed by atoms with Crippen LogP contribution in [0.2, 0.25) is 0 Å². The van der Waals surface area contributed by atoms with Crippen molar-refractivity contribution in [2.75, 3.05) is 4.81 Å². The van der Waals surface area contributed by atoms with Crippen molar-refractivity contribution in [3.63, 3.8) is 0 Å². The number of furan rings is 1. The van der Waals surface area contributed by atoms with Crippen molar-refractivity contribution in [3.05, 3.63) is 151 Å². The van der Waals surface area contributed by atoms with Crippen molar-refractivity contribution in [2.24, 2.45) is 0 Å². The molecule has 0 unspecified atom stereocenters. The van der Waals surface area contributed by atoms with E-state index in [9.17, 15) is 0 Å². The molecule has 0 N–H and O–H groups in total. The summed E-state index contributed by atoms with van der Waals surface area (Å²) in [7, 11) is 0. The van der Waals surface area contributed by atoms with Gasteiger partial charge in [0.25, 0.3) is 0 Å². The second-order valence-electron chi connectivity index (χ2n) is 17.3. The van der Waals surface area contributed by atoms with E-state index in [1.807, 2.05) is 22.7 Å². The molecule has 58 heavy (non-hydrogen) atoms. The van der Waals surface area contributed by atoms with Crippen LogP contribution in [0.15, 0.2) is 150 Å². The van der Waals surface area contributed by atoms with Gasteiger partial charge in [-0.1, -0.05) is 106 Å². The normalized spacial score (nSPS) is 13.7. The van der Waals surface area contributed by atoms with Gasteiger partial charge in [-0.05, 0) is 82.1 Å². The van der Waals surface area contributed by atoms with Crippen LogP contribution >= 0.6 is 22.7 Å². The van der Waals surface area contributed by atoms with Crippen LogP contribution in [0.25, 0.3) is 101 Å². The third kappa shape index (κ3) is 3.99. The van der Waals surface area contributed by atoms with Gasteiger partial charge in [-0.3, -0.25) is 0 Å². The van der Waals surface area contributed by atoms with Crippen molar-refractivity contribution >= 4 is 136 Å². The van der Waals surface area contributed by atoms with Gasteiger partial charge in [0.1, 0.15) is 11.2 Å². The summed E-state index contributed by atoms with van der Waals surface area (Å²) in [6.07, 6.45) is 0. The highest BCUT2D eigenvalue weighted by Gasteiger charge is 2.44. The first-order valence-electron chi connectivity index (χ1n) is 20.1. The summed E-state index contributed by atoms with van der Waals surface area (Å²) in [5.74, 6) is 0. The zero-order valence-corrected chi connectivity index (χ0v) is 33.7. The molecule has 14 rings (SSSR count). The van der Waals surface area contributed by atoms with E-state index in [4.69, 9.17) is 4.42 Å². The maximum Gasteiger partial charge on any atom is 0.333 e. The number of hydrogen-bond acceptors (Lipinski definition) is 4. The minimum atomic E-state index is -0.0623. The third-order valence-corrected chi connectivity index (χ3v) is 15.4. The first-order valence-corrected chi connectivity index (χ1v) is 21.7. The van der Waals surface area contributed by atoms with E-state index < -0.39 is 0 Å². The Morgan fingerprint density at radius 3 is 1.95 bits per heavy atom. The lowest BCUT2D eigenvalue weighted by atomic mass is 9.44. The third-order valence-electron chi connectivity index (χ3n) is 13.1. The summed E-state index contributed by atoms with van der Waals surface area (Å²) in [6, 6.07) is 55.2. The van der Waals surface area contributed by atoms with Crippen LogP contribution in [-0.4, -0.2) is 11.4 Å². The van der Waals surface area contributed by atoms with Gasteiger partial charge in [0.2, 0.25) is 0 Å². The Bertz CT molecular complexity index is 3800. The smallest absolute Gasteiger partial charge is 0.333 e. The van der Waals surface area contributed by atoms with E-state index >= 15 is 0 Å². The van der Waals surface area contributed by atoms with Gasteiger partial charge < -0.3 is 13.8 Å². The Labute approximate surface area is 342 Å². The van der Waals surface area contributed by atoms with Gasteiger partial charge >= 0.3 is 6.85 Å². The molecule has 0 saturated heterocycles. The van der Waals surface area contributed by atoms with Gasteiger partial charge in [0.05, 0.1) is 11.0 Å². The number of hydrogen-bond donors (Lipinski definition) is 0. The standard InChI is InChI=1S/C52H33BN2OS2/c1-52(2,3)28-16-18-29(19-17-28)55-42-24-39-32-12-6-9-15-47(32)57-48(39)25-36(42)33-20-21-34-35-22-37-30-10-4-7-13-44(30)56-45(37)26-41(35)54-43-27-49-38(31-11-5-8-14-46(31)58-49)23-40(43)53(55)50(33)51(34)54/h4-27H,1-3H3. The first kappa shape index (κ1) is 31.7. The summed E-state index contributed by atoms with van der Waals surface area (Å²) in [5.41, 5.74) is 14.7. The van der Waals surface area contributed by atoms with Crippen molar-refractivity contribution in [3.8, 4) is 16.8 Å². The lowest BCUT2D eigenvalue weighted by Crippen LogP contribution is -2.60. The molecular weight excluding hydrogens is 744 g/mol. The lowest BCUT2D eigenvalue weighted by molar-refractivity contribution is 0.590. The number of rotatable bonds is 1. The number of thiophene rings is 2. The fourth-order valence-electron chi connectivity index (χ4n) is 10.4. The highest BCUT2D eigenvalue weighted by Crippen LogP contribution is 2.50. The molecular formula is C52H33BN2OS2. The largest absolute Gasteiger partial charge is 0.456 e. The van der Waals surface area contributed by atoms with Gasteiger partial charge in [-0.25, -0.2) is 0 Å². The maximum atomic E-state index is 6.58. The summed E-state index contributed by atoms with van der Waals surface area (Å²) in [6.45, 7) is 6.84. The zero-order valence-electron chi connectivity index (χ0n) is 32.1. The molecule has 0 aliphatic carbocycles. The van der Waals surface area contributed by atoms with E-state index in [1.54, 1.807) is 0 Å². The Balaban J connectivity index is 1.17. The minimum absolute atomic E-state index is 0.0490. The molecule has 3 nitrogen and oxygen atoms in total. The molecule has 0 atom stereocenters. The van der Waals surface area contributed by atoms with E-state index in [1.165, 1.54) is 107 Å². The van der Waals surface area contributed by atoms with Crippen molar-refractivity contribution in [2.45, 2.75) is 26.2 Å². The molecule has 0 spiro atoms. The van der Waals surface area contributed by atoms with Gasteiger partial charge in [0.15, 0.2) is 0 Å². The molecule has 12 aromatic rings. The topological polar surface area (TPSA) is 21.3 Å². The number of benzene rings is 8. The average molecular weight is 777 g/mol. The predicted octanol–water partition coefficient (Wildman–Crippen LogP) is 14.0. The molecule has 4 aromatic heterocycles. The Hall–Kier alpha value is -6.34. The fraction of sp³-hybridized carbons (Fsp3) is 0.0769. The Morgan fingerprint density at radius 2 is 1.19 bits per heavy atom. The first-order chi connectivity index (χ1) is 28.4. The molecule has 8 aromatic carbocycles. The summed E-state index contributed by atoms with van der Waals surface area (Å²) in [4.78, 5) is 2.68. The number of aromatic nitrogens is 1. The highest BCUT2D eigenvalue weighted by molar-refractivity contribution is 7.26. The molecule has 6 heterocycles. The monoisotopic (exact) mass is 776 g/mol. The van der Waals surface area contributed by atoms with Gasteiger partial charge in [0, 0.05) is 90.6 Å². The predicted molar refractivity (Wildman–Crippen MR) is 252 cm³/mol. The molecule has 2 aliphatic heterocycles. The summed E-state index contributed by atoms with van der Waals surface area (Å²) in [5, 5.41) is 10.1. The van der Waals surface area contributed by atoms with Crippen LogP contribution in [0.5, 0.6) is 0 Å². The molecule has 272 valence electrons.